The van der Waals surface area contributed by atoms with Crippen LogP contribution < -0.4 is 0 Å². The molecule has 0 radical (unpaired) electrons. The van der Waals surface area contributed by atoms with E-state index >= 15 is 0 Å². The minimum absolute atomic E-state index is 0.330. The van der Waals surface area contributed by atoms with Crippen LogP contribution in [-0.2, 0) is 4.79 Å². The van der Waals surface area contributed by atoms with Crippen molar-refractivity contribution in [1.29, 1.82) is 0 Å². The highest BCUT2D eigenvalue weighted by Crippen LogP contribution is 2.65. The van der Waals surface area contributed by atoms with Gasteiger partial charge in [0.1, 0.15) is 4.33 Å². The summed E-state index contributed by atoms with van der Waals surface area (Å²) in [6.07, 6.45) is 0. The van der Waals surface area contributed by atoms with Crippen molar-refractivity contribution in [1.82, 2.24) is 0 Å². The molecule has 1 aromatic rings. The minimum Gasteiger partial charge on any atom is -0.481 e. The Labute approximate surface area is 126 Å². The number of carbonyl (C=O) groups is 1. The van der Waals surface area contributed by atoms with Gasteiger partial charge in [-0.15, -0.1) is 0 Å². The highest BCUT2D eigenvalue weighted by Gasteiger charge is 2.68. The highest BCUT2D eigenvalue weighted by molar-refractivity contribution is 9.10. The zero-order valence-electron chi connectivity index (χ0n) is 8.05. The molecule has 92 valence electrons. The lowest BCUT2D eigenvalue weighted by atomic mass is 10.1. The van der Waals surface area contributed by atoms with Crippen LogP contribution in [0.2, 0.25) is 10.0 Å². The minimum atomic E-state index is -1.29. The molecule has 7 heteroatoms. The lowest BCUT2D eigenvalue weighted by Crippen LogP contribution is -2.03. The van der Waals surface area contributed by atoms with Gasteiger partial charge in [0.25, 0.3) is 0 Å². The number of rotatable bonds is 2. The van der Waals surface area contributed by atoms with Crippen LogP contribution in [0.25, 0.3) is 0 Å². The number of hydrogen-bond donors (Lipinski definition) is 1. The summed E-state index contributed by atoms with van der Waals surface area (Å²) in [5.74, 6) is -2.33. The zero-order chi connectivity index (χ0) is 13.0. The summed E-state index contributed by atoms with van der Waals surface area (Å²) in [7, 11) is 0. The fraction of sp³-hybridized carbons (Fsp3) is 0.300. The maximum Gasteiger partial charge on any atom is 0.310 e. The van der Waals surface area contributed by atoms with E-state index in [-0.39, 0.29) is 0 Å². The van der Waals surface area contributed by atoms with Gasteiger partial charge < -0.3 is 5.11 Å². The van der Waals surface area contributed by atoms with E-state index < -0.39 is 22.1 Å². The van der Waals surface area contributed by atoms with Crippen molar-refractivity contribution >= 4 is 68.3 Å². The summed E-state index contributed by atoms with van der Waals surface area (Å²) >= 11 is 26.9. The summed E-state index contributed by atoms with van der Waals surface area (Å²) in [5.41, 5.74) is 0.656. The highest BCUT2D eigenvalue weighted by atomic mass is 79.9. The van der Waals surface area contributed by atoms with Gasteiger partial charge in [0, 0.05) is 10.4 Å². The summed E-state index contributed by atoms with van der Waals surface area (Å²) in [6, 6.07) is 3.27. The van der Waals surface area contributed by atoms with Crippen LogP contribution in [0.1, 0.15) is 11.5 Å². The Kier molecular flexibility index (Phi) is 3.61. The zero-order valence-corrected chi connectivity index (χ0v) is 12.7. The average Bonchev–Trinajstić information content (AvgIpc) is 2.77. The lowest BCUT2D eigenvalue weighted by molar-refractivity contribution is -0.138. The van der Waals surface area contributed by atoms with Gasteiger partial charge in [-0.2, -0.15) is 0 Å². The van der Waals surface area contributed by atoms with Crippen molar-refractivity contribution in [3.63, 3.8) is 0 Å². The number of carboxylic acid groups (broad SMARTS) is 1. The Morgan fingerprint density at radius 3 is 2.35 bits per heavy atom. The van der Waals surface area contributed by atoms with Crippen LogP contribution in [0.15, 0.2) is 16.6 Å². The molecule has 0 heterocycles. The Morgan fingerprint density at radius 2 is 1.94 bits per heavy atom. The Hall–Kier alpha value is 0.330. The molecule has 0 aliphatic heterocycles. The molecular weight excluding hydrogens is 374 g/mol. The van der Waals surface area contributed by atoms with E-state index in [4.69, 9.17) is 51.5 Å². The van der Waals surface area contributed by atoms with Gasteiger partial charge in [-0.3, -0.25) is 4.79 Å². The van der Waals surface area contributed by atoms with Gasteiger partial charge in [-0.05, 0) is 33.6 Å². The summed E-state index contributed by atoms with van der Waals surface area (Å²) in [6.45, 7) is 0. The molecule has 2 atom stereocenters. The van der Waals surface area contributed by atoms with E-state index in [0.29, 0.717) is 20.1 Å². The summed E-state index contributed by atoms with van der Waals surface area (Å²) in [5, 5.41) is 9.68. The van der Waals surface area contributed by atoms with Crippen molar-refractivity contribution in [2.75, 3.05) is 0 Å². The second kappa shape index (κ2) is 4.46. The standard InChI is InChI=1S/C10H5BrCl4O2/c11-4-1-3(2-5(12)8(4)13)6-7(9(16)17)10(6,14)15/h1-2,6-7H,(H,16,17)/t6-,7+/m0/s1. The van der Waals surface area contributed by atoms with Crippen LogP contribution in [0.3, 0.4) is 0 Å². The maximum absolute atomic E-state index is 11.0. The molecule has 2 rings (SSSR count). The molecular formula is C10H5BrCl4O2. The normalized spacial score (nSPS) is 25.7. The van der Waals surface area contributed by atoms with Gasteiger partial charge in [0.15, 0.2) is 0 Å². The third-order valence-electron chi connectivity index (χ3n) is 2.68. The average molecular weight is 379 g/mol. The van der Waals surface area contributed by atoms with Crippen LogP contribution >= 0.6 is 62.3 Å². The van der Waals surface area contributed by atoms with Gasteiger partial charge >= 0.3 is 5.97 Å². The van der Waals surface area contributed by atoms with Crippen molar-refractivity contribution in [2.45, 2.75) is 10.3 Å². The van der Waals surface area contributed by atoms with Crippen molar-refractivity contribution in [3.8, 4) is 0 Å². The topological polar surface area (TPSA) is 37.3 Å². The molecule has 17 heavy (non-hydrogen) atoms. The van der Waals surface area contributed by atoms with E-state index in [9.17, 15) is 4.79 Å². The van der Waals surface area contributed by atoms with Gasteiger partial charge in [0.2, 0.25) is 0 Å². The van der Waals surface area contributed by atoms with Crippen molar-refractivity contribution < 1.29 is 9.90 Å². The van der Waals surface area contributed by atoms with Crippen molar-refractivity contribution in [3.05, 3.63) is 32.2 Å². The second-order valence-electron chi connectivity index (χ2n) is 3.77. The second-order valence-corrected chi connectivity index (χ2v) is 6.85. The van der Waals surface area contributed by atoms with Crippen molar-refractivity contribution in [2.24, 2.45) is 5.92 Å². The van der Waals surface area contributed by atoms with E-state index in [2.05, 4.69) is 15.9 Å². The molecule has 0 aromatic heterocycles. The molecule has 1 fully saturated rings. The number of halogens is 5. The number of carboxylic acids is 1. The first-order valence-corrected chi connectivity index (χ1v) is 6.82. The van der Waals surface area contributed by atoms with E-state index in [1.807, 2.05) is 0 Å². The number of benzene rings is 1. The molecule has 0 spiro atoms. The molecule has 1 aliphatic carbocycles. The quantitative estimate of drug-likeness (QED) is 0.596. The summed E-state index contributed by atoms with van der Waals surface area (Å²) in [4.78, 5) is 11.0. The molecule has 0 amide bonds. The first-order chi connectivity index (χ1) is 7.76. The fourth-order valence-corrected chi connectivity index (χ4v) is 3.55. The first kappa shape index (κ1) is 13.8. The third-order valence-corrected chi connectivity index (χ3v) is 5.28. The molecule has 0 bridgehead atoms. The molecule has 1 aliphatic rings. The molecule has 0 unspecified atom stereocenters. The molecule has 2 nitrogen and oxygen atoms in total. The Bertz CT molecular complexity index is 480. The monoisotopic (exact) mass is 376 g/mol. The lowest BCUT2D eigenvalue weighted by Gasteiger charge is -2.05. The number of aliphatic carboxylic acids is 1. The third kappa shape index (κ3) is 2.28. The molecule has 1 aromatic carbocycles. The predicted molar refractivity (Wildman–Crippen MR) is 72.5 cm³/mol. The number of hydrogen-bond acceptors (Lipinski definition) is 1. The molecule has 1 saturated carbocycles. The number of alkyl halides is 2. The Morgan fingerprint density at radius 1 is 1.35 bits per heavy atom. The largest absolute Gasteiger partial charge is 0.481 e. The van der Waals surface area contributed by atoms with Crippen LogP contribution in [-0.4, -0.2) is 15.4 Å². The summed E-state index contributed by atoms with van der Waals surface area (Å²) < 4.78 is -0.704. The van der Waals surface area contributed by atoms with Crippen LogP contribution in [0.5, 0.6) is 0 Å². The maximum atomic E-state index is 11.0. The molecule has 0 saturated heterocycles. The predicted octanol–water partition coefficient (Wildman–Crippen LogP) is 4.73. The Balaban J connectivity index is 2.41. The van der Waals surface area contributed by atoms with Gasteiger partial charge in [0.05, 0.1) is 16.0 Å². The van der Waals surface area contributed by atoms with Gasteiger partial charge in [-0.1, -0.05) is 46.4 Å². The fourth-order valence-electron chi connectivity index (χ4n) is 1.80. The van der Waals surface area contributed by atoms with E-state index in [1.165, 1.54) is 0 Å². The first-order valence-electron chi connectivity index (χ1n) is 4.52. The SMILES string of the molecule is O=C(O)[C@H]1[C@H](c2cc(Cl)c(Cl)c(Br)c2)C1(Cl)Cl. The van der Waals surface area contributed by atoms with E-state index in [0.717, 1.165) is 0 Å². The van der Waals surface area contributed by atoms with Crippen LogP contribution in [0.4, 0.5) is 0 Å². The van der Waals surface area contributed by atoms with Gasteiger partial charge in [-0.25, -0.2) is 0 Å². The molecule has 1 N–H and O–H groups in total. The van der Waals surface area contributed by atoms with Crippen LogP contribution in [0, 0.1) is 5.92 Å². The smallest absolute Gasteiger partial charge is 0.310 e. The van der Waals surface area contributed by atoms with E-state index in [1.54, 1.807) is 12.1 Å².